The van der Waals surface area contributed by atoms with Crippen LogP contribution in [0.2, 0.25) is 0 Å². The van der Waals surface area contributed by atoms with Crippen molar-refractivity contribution in [1.82, 2.24) is 10.6 Å². The molecule has 2 heterocycles. The second-order valence-corrected chi connectivity index (χ2v) is 8.35. The highest BCUT2D eigenvalue weighted by molar-refractivity contribution is 14.0. The quantitative estimate of drug-likeness (QED) is 0.397. The highest BCUT2D eigenvalue weighted by Gasteiger charge is 2.36. The van der Waals surface area contributed by atoms with Gasteiger partial charge in [0.05, 0.1) is 13.2 Å². The van der Waals surface area contributed by atoms with E-state index in [2.05, 4.69) is 40.1 Å². The molecule has 2 N–H and O–H groups in total. The summed E-state index contributed by atoms with van der Waals surface area (Å²) in [6.07, 6.45) is 6.60. The lowest BCUT2D eigenvalue weighted by Gasteiger charge is -2.39. The molecule has 6 heteroatoms. The van der Waals surface area contributed by atoms with Gasteiger partial charge in [-0.3, -0.25) is 4.99 Å². The van der Waals surface area contributed by atoms with E-state index in [-0.39, 0.29) is 34.8 Å². The second kappa shape index (κ2) is 8.85. The van der Waals surface area contributed by atoms with E-state index in [1.165, 1.54) is 37.0 Å². The number of halogens is 1. The number of ether oxygens (including phenoxy) is 1. The fraction of sp³-hybridized carbons (Fsp3) is 0.722. The first kappa shape index (κ1) is 20.0. The molecule has 0 spiro atoms. The second-order valence-electron chi connectivity index (χ2n) is 7.40. The van der Waals surface area contributed by atoms with Crippen LogP contribution in [-0.2, 0) is 10.2 Å². The Kier molecular flexibility index (Phi) is 7.37. The smallest absolute Gasteiger partial charge is 0.191 e. The predicted molar refractivity (Wildman–Crippen MR) is 113 cm³/mol. The van der Waals surface area contributed by atoms with E-state index in [1.54, 1.807) is 0 Å². The van der Waals surface area contributed by atoms with Crippen LogP contribution >= 0.6 is 35.3 Å². The van der Waals surface area contributed by atoms with Gasteiger partial charge < -0.3 is 15.4 Å². The molecule has 0 amide bonds. The molecule has 4 nitrogen and oxygen atoms in total. The van der Waals surface area contributed by atoms with Gasteiger partial charge in [-0.25, -0.2) is 0 Å². The van der Waals surface area contributed by atoms with E-state index in [0.29, 0.717) is 0 Å². The van der Waals surface area contributed by atoms with Gasteiger partial charge in [0.15, 0.2) is 5.96 Å². The number of hydrogen-bond donors (Lipinski definition) is 2. The number of nitrogens with one attached hydrogen (secondary N) is 2. The van der Waals surface area contributed by atoms with Gasteiger partial charge in [-0.1, -0.05) is 32.3 Å². The van der Waals surface area contributed by atoms with Crippen molar-refractivity contribution in [3.8, 4) is 0 Å². The SMILES string of the molecule is CN=C(NCC1(C)COC1)NCC1(c2cccs2)CCCCC1.I. The average molecular weight is 463 g/mol. The molecule has 24 heavy (non-hydrogen) atoms. The Bertz CT molecular complexity index is 522. The van der Waals surface area contributed by atoms with Crippen LogP contribution in [0.15, 0.2) is 22.5 Å². The van der Waals surface area contributed by atoms with Crippen LogP contribution < -0.4 is 10.6 Å². The summed E-state index contributed by atoms with van der Waals surface area (Å²) in [6, 6.07) is 4.49. The largest absolute Gasteiger partial charge is 0.380 e. The van der Waals surface area contributed by atoms with Gasteiger partial charge in [0.2, 0.25) is 0 Å². The maximum Gasteiger partial charge on any atom is 0.191 e. The lowest BCUT2D eigenvalue weighted by molar-refractivity contribution is -0.0971. The lowest BCUT2D eigenvalue weighted by atomic mass is 9.73. The third kappa shape index (κ3) is 4.64. The molecule has 0 atom stereocenters. The first-order valence-corrected chi connectivity index (χ1v) is 9.60. The number of guanidine groups is 1. The minimum absolute atomic E-state index is 0. The molecule has 0 unspecified atom stereocenters. The van der Waals surface area contributed by atoms with Gasteiger partial charge in [-0.05, 0) is 24.3 Å². The molecule has 1 aromatic heterocycles. The number of hydrogen-bond acceptors (Lipinski definition) is 3. The monoisotopic (exact) mass is 463 g/mol. The normalized spacial score (nSPS) is 22.2. The summed E-state index contributed by atoms with van der Waals surface area (Å²) in [7, 11) is 1.85. The Labute approximate surface area is 166 Å². The van der Waals surface area contributed by atoms with Crippen molar-refractivity contribution in [1.29, 1.82) is 0 Å². The third-order valence-corrected chi connectivity index (χ3v) is 6.37. The van der Waals surface area contributed by atoms with Gasteiger partial charge in [0, 0.05) is 35.8 Å². The zero-order valence-electron chi connectivity index (χ0n) is 14.8. The minimum Gasteiger partial charge on any atom is -0.380 e. The lowest BCUT2D eigenvalue weighted by Crippen LogP contribution is -2.52. The van der Waals surface area contributed by atoms with Crippen molar-refractivity contribution in [3.05, 3.63) is 22.4 Å². The Morgan fingerprint density at radius 1 is 1.21 bits per heavy atom. The van der Waals surface area contributed by atoms with Gasteiger partial charge in [0.25, 0.3) is 0 Å². The topological polar surface area (TPSA) is 45.7 Å². The maximum absolute atomic E-state index is 5.33. The van der Waals surface area contributed by atoms with Crippen LogP contribution in [-0.4, -0.2) is 39.3 Å². The van der Waals surface area contributed by atoms with E-state index < -0.39 is 0 Å². The molecule has 3 rings (SSSR count). The number of aliphatic imine (C=N–C) groups is 1. The molecule has 1 saturated heterocycles. The summed E-state index contributed by atoms with van der Waals surface area (Å²) >= 11 is 1.90. The summed E-state index contributed by atoms with van der Waals surface area (Å²) < 4.78 is 5.33. The molecule has 0 bridgehead atoms. The van der Waals surface area contributed by atoms with Crippen LogP contribution in [0.3, 0.4) is 0 Å². The molecule has 2 fully saturated rings. The number of rotatable bonds is 5. The molecule has 1 aliphatic heterocycles. The Balaban J connectivity index is 0.00000208. The molecule has 1 aliphatic carbocycles. The van der Waals surface area contributed by atoms with Crippen LogP contribution in [0.25, 0.3) is 0 Å². The standard InChI is InChI=1S/C18H29N3OS.HI/c1-17(13-22-14-17)11-20-16(19-2)21-12-18(8-4-3-5-9-18)15-7-6-10-23-15;/h6-7,10H,3-5,8-9,11-14H2,1-2H3,(H2,19,20,21);1H. The van der Waals surface area contributed by atoms with Gasteiger partial charge in [-0.2, -0.15) is 0 Å². The number of thiophene rings is 1. The van der Waals surface area contributed by atoms with Crippen molar-refractivity contribution in [2.75, 3.05) is 33.4 Å². The van der Waals surface area contributed by atoms with Crippen LogP contribution in [0.4, 0.5) is 0 Å². The summed E-state index contributed by atoms with van der Waals surface area (Å²) in [4.78, 5) is 5.93. The summed E-state index contributed by atoms with van der Waals surface area (Å²) in [5.74, 6) is 0.916. The third-order valence-electron chi connectivity index (χ3n) is 5.26. The summed E-state index contributed by atoms with van der Waals surface area (Å²) in [5, 5.41) is 9.27. The fourth-order valence-corrected chi connectivity index (χ4v) is 4.63. The van der Waals surface area contributed by atoms with Crippen molar-refractivity contribution in [2.45, 2.75) is 44.4 Å². The zero-order valence-corrected chi connectivity index (χ0v) is 17.9. The Morgan fingerprint density at radius 2 is 1.92 bits per heavy atom. The molecule has 1 saturated carbocycles. The van der Waals surface area contributed by atoms with Crippen molar-refractivity contribution in [2.24, 2.45) is 10.4 Å². The first-order valence-electron chi connectivity index (χ1n) is 8.72. The highest BCUT2D eigenvalue weighted by Crippen LogP contribution is 2.41. The predicted octanol–water partition coefficient (Wildman–Crippen LogP) is 3.77. The van der Waals surface area contributed by atoms with Crippen LogP contribution in [0, 0.1) is 5.41 Å². The first-order chi connectivity index (χ1) is 11.2. The molecule has 136 valence electrons. The summed E-state index contributed by atoms with van der Waals surface area (Å²) in [6.45, 7) is 5.83. The van der Waals surface area contributed by atoms with Gasteiger partial charge in [0.1, 0.15) is 0 Å². The molecule has 0 aromatic carbocycles. The molecular weight excluding hydrogens is 433 g/mol. The van der Waals surface area contributed by atoms with Crippen LogP contribution in [0.5, 0.6) is 0 Å². The van der Waals surface area contributed by atoms with E-state index in [1.807, 2.05) is 18.4 Å². The van der Waals surface area contributed by atoms with Crippen molar-refractivity contribution >= 4 is 41.3 Å². The van der Waals surface area contributed by atoms with Crippen molar-refractivity contribution < 1.29 is 4.74 Å². The average Bonchev–Trinajstić information content (AvgIpc) is 3.09. The van der Waals surface area contributed by atoms with Gasteiger partial charge in [-0.15, -0.1) is 35.3 Å². The molecule has 2 aliphatic rings. The van der Waals surface area contributed by atoms with Crippen molar-refractivity contribution in [3.63, 3.8) is 0 Å². The minimum atomic E-state index is 0. The summed E-state index contributed by atoms with van der Waals surface area (Å²) in [5.41, 5.74) is 0.543. The maximum atomic E-state index is 5.33. The zero-order chi connectivity index (χ0) is 16.2. The van der Waals surface area contributed by atoms with E-state index in [0.717, 1.165) is 32.3 Å². The Morgan fingerprint density at radius 3 is 2.46 bits per heavy atom. The number of nitrogens with zero attached hydrogens (tertiary/aromatic N) is 1. The highest BCUT2D eigenvalue weighted by atomic mass is 127. The van der Waals surface area contributed by atoms with E-state index in [9.17, 15) is 0 Å². The molecule has 1 aromatic rings. The molecular formula is C18H30IN3OS. The Hall–Kier alpha value is -0.340. The van der Waals surface area contributed by atoms with E-state index >= 15 is 0 Å². The fourth-order valence-electron chi connectivity index (χ4n) is 3.64. The van der Waals surface area contributed by atoms with E-state index in [4.69, 9.17) is 4.74 Å². The van der Waals surface area contributed by atoms with Gasteiger partial charge >= 0.3 is 0 Å². The molecule has 0 radical (unpaired) electrons. The van der Waals surface area contributed by atoms with Crippen LogP contribution in [0.1, 0.15) is 43.9 Å².